The number of nitrogens with one attached hydrogen (secondary N) is 1. The second-order valence-electron chi connectivity index (χ2n) is 6.02. The van der Waals surface area contributed by atoms with Gasteiger partial charge in [-0.25, -0.2) is 4.98 Å². The fraction of sp³-hybridized carbons (Fsp3) is 0.200. The minimum Gasteiger partial charge on any atom is -0.497 e. The number of rotatable bonds is 7. The Morgan fingerprint density at radius 3 is 2.52 bits per heavy atom. The Morgan fingerprint density at radius 2 is 1.85 bits per heavy atom. The molecule has 1 N–H and O–H groups in total. The Morgan fingerprint density at radius 1 is 1.15 bits per heavy atom. The second kappa shape index (κ2) is 8.92. The largest absolute Gasteiger partial charge is 0.497 e. The van der Waals surface area contributed by atoms with Gasteiger partial charge in [-0.05, 0) is 43.3 Å². The molecule has 0 radical (unpaired) electrons. The first-order valence-electron chi connectivity index (χ1n) is 8.34. The summed E-state index contributed by atoms with van der Waals surface area (Å²) in [7, 11) is 0.311. The van der Waals surface area contributed by atoms with Crippen LogP contribution in [0.3, 0.4) is 0 Å². The predicted octanol–water partition coefficient (Wildman–Crippen LogP) is 4.01. The molecule has 1 atom stereocenters. The van der Waals surface area contributed by atoms with Gasteiger partial charge in [-0.1, -0.05) is 17.7 Å². The standard InChI is InChI=1S/C20H20N2O3S2/c1-14-3-7-16(8-4-14)21-19(23)13-27(24)12-17-11-26-20(22-17)15-5-9-18(25-2)10-6-15/h3-11H,12-13H2,1-2H3,(H,21,23). The highest BCUT2D eigenvalue weighted by Crippen LogP contribution is 2.26. The molecule has 1 aromatic heterocycles. The van der Waals surface area contributed by atoms with Gasteiger partial charge in [0, 0.05) is 27.4 Å². The molecule has 0 aliphatic rings. The number of carbonyl (C=O) groups is 1. The lowest BCUT2D eigenvalue weighted by molar-refractivity contribution is -0.113. The number of carbonyl (C=O) groups excluding carboxylic acids is 1. The lowest BCUT2D eigenvalue weighted by atomic mass is 10.2. The van der Waals surface area contributed by atoms with E-state index in [1.165, 1.54) is 11.3 Å². The Hall–Kier alpha value is -2.51. The maximum absolute atomic E-state index is 12.3. The second-order valence-corrected chi connectivity index (χ2v) is 8.33. The molecule has 7 heteroatoms. The molecule has 0 spiro atoms. The highest BCUT2D eigenvalue weighted by Gasteiger charge is 2.12. The summed E-state index contributed by atoms with van der Waals surface area (Å²) in [6, 6.07) is 15.1. The van der Waals surface area contributed by atoms with E-state index in [0.29, 0.717) is 5.69 Å². The molecule has 5 nitrogen and oxygen atoms in total. The smallest absolute Gasteiger partial charge is 0.237 e. The van der Waals surface area contributed by atoms with Crippen molar-refractivity contribution in [1.82, 2.24) is 4.98 Å². The van der Waals surface area contributed by atoms with Crippen LogP contribution in [-0.2, 0) is 21.3 Å². The van der Waals surface area contributed by atoms with Crippen LogP contribution in [0.4, 0.5) is 5.69 Å². The van der Waals surface area contributed by atoms with Crippen molar-refractivity contribution in [2.45, 2.75) is 12.7 Å². The van der Waals surface area contributed by atoms with Crippen LogP contribution in [0.2, 0.25) is 0 Å². The van der Waals surface area contributed by atoms with E-state index in [-0.39, 0.29) is 17.4 Å². The van der Waals surface area contributed by atoms with E-state index in [1.54, 1.807) is 7.11 Å². The summed E-state index contributed by atoms with van der Waals surface area (Å²) in [4.78, 5) is 16.6. The first-order valence-corrected chi connectivity index (χ1v) is 10.7. The summed E-state index contributed by atoms with van der Waals surface area (Å²) in [5.74, 6) is 0.732. The average Bonchev–Trinajstić information content (AvgIpc) is 3.12. The van der Waals surface area contributed by atoms with Crippen molar-refractivity contribution in [2.75, 3.05) is 18.2 Å². The number of anilines is 1. The molecule has 0 bridgehead atoms. The first-order chi connectivity index (χ1) is 13.0. The summed E-state index contributed by atoms with van der Waals surface area (Å²) in [5.41, 5.74) is 3.54. The topological polar surface area (TPSA) is 68.3 Å². The fourth-order valence-electron chi connectivity index (χ4n) is 2.44. The SMILES string of the molecule is COc1ccc(-c2nc(CS(=O)CC(=O)Nc3ccc(C)cc3)cs2)cc1. The van der Waals surface area contributed by atoms with Gasteiger partial charge in [0.05, 0.1) is 18.6 Å². The average molecular weight is 401 g/mol. The predicted molar refractivity (Wildman–Crippen MR) is 111 cm³/mol. The minimum atomic E-state index is -1.32. The summed E-state index contributed by atoms with van der Waals surface area (Å²) >= 11 is 1.49. The van der Waals surface area contributed by atoms with Gasteiger partial charge in [0.25, 0.3) is 0 Å². The van der Waals surface area contributed by atoms with Crippen molar-refractivity contribution < 1.29 is 13.7 Å². The molecule has 0 aliphatic heterocycles. The number of amides is 1. The zero-order valence-corrected chi connectivity index (χ0v) is 16.7. The van der Waals surface area contributed by atoms with Gasteiger partial charge in [0.1, 0.15) is 16.5 Å². The van der Waals surface area contributed by atoms with Crippen LogP contribution in [-0.4, -0.2) is 28.0 Å². The molecule has 0 saturated heterocycles. The number of ether oxygens (including phenoxy) is 1. The third-order valence-electron chi connectivity index (χ3n) is 3.82. The van der Waals surface area contributed by atoms with E-state index >= 15 is 0 Å². The number of aromatic nitrogens is 1. The number of benzene rings is 2. The van der Waals surface area contributed by atoms with Crippen molar-refractivity contribution in [3.63, 3.8) is 0 Å². The lowest BCUT2D eigenvalue weighted by Gasteiger charge is -2.05. The van der Waals surface area contributed by atoms with Crippen molar-refractivity contribution in [2.24, 2.45) is 0 Å². The molecule has 3 aromatic rings. The monoisotopic (exact) mass is 400 g/mol. The van der Waals surface area contributed by atoms with E-state index in [1.807, 2.05) is 60.8 Å². The Balaban J connectivity index is 1.55. The Kier molecular flexibility index (Phi) is 6.36. The Bertz CT molecular complexity index is 935. The van der Waals surface area contributed by atoms with Crippen LogP contribution in [0.25, 0.3) is 10.6 Å². The van der Waals surface area contributed by atoms with Gasteiger partial charge in [0.15, 0.2) is 0 Å². The van der Waals surface area contributed by atoms with Gasteiger partial charge in [0.2, 0.25) is 5.91 Å². The minimum absolute atomic E-state index is 0.0523. The highest BCUT2D eigenvalue weighted by molar-refractivity contribution is 7.84. The fourth-order valence-corrected chi connectivity index (χ4v) is 4.31. The van der Waals surface area contributed by atoms with Gasteiger partial charge >= 0.3 is 0 Å². The van der Waals surface area contributed by atoms with Crippen LogP contribution in [0.1, 0.15) is 11.3 Å². The third-order valence-corrected chi connectivity index (χ3v) is 5.97. The van der Waals surface area contributed by atoms with Crippen molar-refractivity contribution >= 4 is 33.7 Å². The molecule has 3 rings (SSSR count). The number of hydrogen-bond acceptors (Lipinski definition) is 5. The highest BCUT2D eigenvalue weighted by atomic mass is 32.2. The summed E-state index contributed by atoms with van der Waals surface area (Å²) in [6.45, 7) is 1.98. The number of methoxy groups -OCH3 is 1. The van der Waals surface area contributed by atoms with Gasteiger partial charge in [-0.3, -0.25) is 9.00 Å². The van der Waals surface area contributed by atoms with E-state index < -0.39 is 10.8 Å². The quantitative estimate of drug-likeness (QED) is 0.651. The van der Waals surface area contributed by atoms with Crippen LogP contribution in [0, 0.1) is 6.92 Å². The summed E-state index contributed by atoms with van der Waals surface area (Å²) < 4.78 is 17.4. The molecule has 1 amide bonds. The van der Waals surface area contributed by atoms with Crippen LogP contribution in [0.5, 0.6) is 5.75 Å². The molecular weight excluding hydrogens is 380 g/mol. The van der Waals surface area contributed by atoms with E-state index in [9.17, 15) is 9.00 Å². The van der Waals surface area contributed by atoms with Crippen molar-refractivity contribution in [3.8, 4) is 16.3 Å². The summed E-state index contributed by atoms with van der Waals surface area (Å²) in [6.07, 6.45) is 0. The number of nitrogens with zero attached hydrogens (tertiary/aromatic N) is 1. The molecule has 1 heterocycles. The van der Waals surface area contributed by atoms with Gasteiger partial charge in [-0.2, -0.15) is 0 Å². The van der Waals surface area contributed by atoms with Crippen LogP contribution in [0.15, 0.2) is 53.9 Å². The zero-order chi connectivity index (χ0) is 19.2. The van der Waals surface area contributed by atoms with E-state index in [2.05, 4.69) is 10.3 Å². The number of thiazole rings is 1. The molecular formula is C20H20N2O3S2. The van der Waals surface area contributed by atoms with Crippen molar-refractivity contribution in [1.29, 1.82) is 0 Å². The van der Waals surface area contributed by atoms with Crippen LogP contribution >= 0.6 is 11.3 Å². The summed E-state index contributed by atoms with van der Waals surface area (Å²) in [5, 5.41) is 5.51. The lowest BCUT2D eigenvalue weighted by Crippen LogP contribution is -2.20. The molecule has 140 valence electrons. The molecule has 0 saturated carbocycles. The molecule has 27 heavy (non-hydrogen) atoms. The number of hydrogen-bond donors (Lipinski definition) is 1. The number of aryl methyl sites for hydroxylation is 1. The van der Waals surface area contributed by atoms with Gasteiger partial charge in [-0.15, -0.1) is 11.3 Å². The maximum atomic E-state index is 12.3. The van der Waals surface area contributed by atoms with Crippen molar-refractivity contribution in [3.05, 3.63) is 65.2 Å². The third kappa shape index (κ3) is 5.48. The van der Waals surface area contributed by atoms with Gasteiger partial charge < -0.3 is 10.1 Å². The van der Waals surface area contributed by atoms with Crippen LogP contribution < -0.4 is 10.1 Å². The first kappa shape index (κ1) is 19.3. The normalized spacial score (nSPS) is 11.8. The molecule has 1 unspecified atom stereocenters. The van der Waals surface area contributed by atoms with E-state index in [0.717, 1.165) is 27.6 Å². The molecule has 0 fully saturated rings. The molecule has 0 aliphatic carbocycles. The Labute approximate surface area is 164 Å². The zero-order valence-electron chi connectivity index (χ0n) is 15.1. The maximum Gasteiger partial charge on any atom is 0.237 e. The van der Waals surface area contributed by atoms with E-state index in [4.69, 9.17) is 4.74 Å². The molecule has 2 aromatic carbocycles.